The van der Waals surface area contributed by atoms with Crippen LogP contribution in [0.1, 0.15) is 23.6 Å². The van der Waals surface area contributed by atoms with E-state index in [2.05, 4.69) is 15.3 Å². The lowest BCUT2D eigenvalue weighted by molar-refractivity contribution is -0.274. The van der Waals surface area contributed by atoms with Gasteiger partial charge >= 0.3 is 6.36 Å². The van der Waals surface area contributed by atoms with Gasteiger partial charge in [-0.15, -0.1) is 13.2 Å². The third-order valence-electron chi connectivity index (χ3n) is 3.68. The van der Waals surface area contributed by atoms with Crippen LogP contribution in [-0.2, 0) is 6.42 Å². The van der Waals surface area contributed by atoms with Gasteiger partial charge in [0.25, 0.3) is 0 Å². The van der Waals surface area contributed by atoms with Gasteiger partial charge in [0, 0.05) is 22.2 Å². The molecule has 25 heavy (non-hydrogen) atoms. The van der Waals surface area contributed by atoms with E-state index in [4.69, 9.17) is 23.2 Å². The van der Waals surface area contributed by atoms with E-state index in [0.29, 0.717) is 28.3 Å². The van der Waals surface area contributed by atoms with E-state index >= 15 is 0 Å². The molecule has 0 amide bonds. The van der Waals surface area contributed by atoms with Crippen LogP contribution in [0.5, 0.6) is 5.75 Å². The van der Waals surface area contributed by atoms with Crippen LogP contribution in [0.15, 0.2) is 41.5 Å². The summed E-state index contributed by atoms with van der Waals surface area (Å²) >= 11 is 11.9. The molecule has 1 aliphatic rings. The first-order valence-corrected chi connectivity index (χ1v) is 8.16. The molecule has 1 heterocycles. The SMILES string of the molecule is CC1Cc2cc(OC(F)(F)F)c(Cl)cc2C(c2ccc(Cl)cc2)=NN1. The van der Waals surface area contributed by atoms with E-state index in [-0.39, 0.29) is 11.1 Å². The maximum atomic E-state index is 12.6. The second-order valence-corrected chi connectivity index (χ2v) is 6.53. The summed E-state index contributed by atoms with van der Waals surface area (Å²) in [5, 5.41) is 4.84. The molecule has 2 aromatic rings. The van der Waals surface area contributed by atoms with Gasteiger partial charge in [0.1, 0.15) is 5.75 Å². The molecule has 2 aromatic carbocycles. The molecule has 8 heteroatoms. The van der Waals surface area contributed by atoms with Crippen molar-refractivity contribution in [2.45, 2.75) is 25.7 Å². The average Bonchev–Trinajstić information content (AvgIpc) is 2.66. The first kappa shape index (κ1) is 17.9. The predicted octanol–water partition coefficient (Wildman–Crippen LogP) is 5.18. The van der Waals surface area contributed by atoms with Gasteiger partial charge in [-0.25, -0.2) is 0 Å². The third kappa shape index (κ3) is 4.19. The van der Waals surface area contributed by atoms with Crippen molar-refractivity contribution < 1.29 is 17.9 Å². The standard InChI is InChI=1S/C17H13Cl2F3N2O/c1-9-6-11-7-15(25-17(20,21)22)14(19)8-13(11)16(24-23-9)10-2-4-12(18)5-3-10/h2-5,7-9,23H,6H2,1H3. The molecule has 0 aliphatic carbocycles. The van der Waals surface area contributed by atoms with Crippen molar-refractivity contribution in [1.29, 1.82) is 0 Å². The van der Waals surface area contributed by atoms with Crippen LogP contribution in [0.2, 0.25) is 10.0 Å². The Morgan fingerprint density at radius 3 is 2.48 bits per heavy atom. The number of rotatable bonds is 2. The quantitative estimate of drug-likeness (QED) is 0.768. The highest BCUT2D eigenvalue weighted by Gasteiger charge is 2.33. The van der Waals surface area contributed by atoms with Crippen LogP contribution in [0.4, 0.5) is 13.2 Å². The van der Waals surface area contributed by atoms with Gasteiger partial charge in [-0.3, -0.25) is 0 Å². The average molecular weight is 389 g/mol. The summed E-state index contributed by atoms with van der Waals surface area (Å²) in [7, 11) is 0. The molecule has 0 saturated heterocycles. The molecular weight excluding hydrogens is 376 g/mol. The number of nitrogens with one attached hydrogen (secondary N) is 1. The number of ether oxygens (including phenoxy) is 1. The van der Waals surface area contributed by atoms with Crippen molar-refractivity contribution in [3.05, 3.63) is 63.1 Å². The maximum absolute atomic E-state index is 12.6. The van der Waals surface area contributed by atoms with Gasteiger partial charge in [-0.2, -0.15) is 5.10 Å². The van der Waals surface area contributed by atoms with Crippen molar-refractivity contribution in [2.24, 2.45) is 5.10 Å². The van der Waals surface area contributed by atoms with Gasteiger partial charge in [0.2, 0.25) is 0 Å². The fourth-order valence-electron chi connectivity index (χ4n) is 2.63. The normalized spacial score (nSPS) is 17.2. The van der Waals surface area contributed by atoms with E-state index in [1.807, 2.05) is 6.92 Å². The molecule has 1 aliphatic heterocycles. The number of halogens is 5. The summed E-state index contributed by atoms with van der Waals surface area (Å²) in [4.78, 5) is 0. The zero-order valence-electron chi connectivity index (χ0n) is 13.0. The Hall–Kier alpha value is -1.92. The van der Waals surface area contributed by atoms with Gasteiger partial charge in [-0.1, -0.05) is 35.3 Å². The van der Waals surface area contributed by atoms with Crippen LogP contribution in [0, 0.1) is 0 Å². The molecule has 0 bridgehead atoms. The zero-order chi connectivity index (χ0) is 18.2. The van der Waals surface area contributed by atoms with Gasteiger partial charge in [0.05, 0.1) is 10.7 Å². The Labute approximate surface area is 152 Å². The van der Waals surface area contributed by atoms with Crippen molar-refractivity contribution in [3.8, 4) is 5.75 Å². The molecule has 1 N–H and O–H groups in total. The van der Waals surface area contributed by atoms with E-state index < -0.39 is 12.1 Å². The largest absolute Gasteiger partial charge is 0.573 e. The van der Waals surface area contributed by atoms with Crippen LogP contribution in [0.3, 0.4) is 0 Å². The maximum Gasteiger partial charge on any atom is 0.573 e. The third-order valence-corrected chi connectivity index (χ3v) is 4.23. The van der Waals surface area contributed by atoms with E-state index in [1.165, 1.54) is 12.1 Å². The highest BCUT2D eigenvalue weighted by Crippen LogP contribution is 2.35. The Kier molecular flexibility index (Phi) is 4.84. The summed E-state index contributed by atoms with van der Waals surface area (Å²) in [6.45, 7) is 1.89. The van der Waals surface area contributed by atoms with Crippen molar-refractivity contribution in [1.82, 2.24) is 5.43 Å². The molecule has 3 rings (SSSR count). The number of hydrogen-bond acceptors (Lipinski definition) is 3. The molecule has 1 atom stereocenters. The van der Waals surface area contributed by atoms with Crippen LogP contribution >= 0.6 is 23.2 Å². The number of hydrazone groups is 1. The second-order valence-electron chi connectivity index (χ2n) is 5.69. The summed E-state index contributed by atoms with van der Waals surface area (Å²) in [5.41, 5.74) is 5.66. The number of nitrogens with zero attached hydrogens (tertiary/aromatic N) is 1. The molecule has 0 radical (unpaired) electrons. The van der Waals surface area contributed by atoms with Crippen molar-refractivity contribution >= 4 is 28.9 Å². The van der Waals surface area contributed by atoms with E-state index in [9.17, 15) is 13.2 Å². The summed E-state index contributed by atoms with van der Waals surface area (Å²) in [5.74, 6) is -0.419. The topological polar surface area (TPSA) is 33.6 Å². The molecule has 0 fully saturated rings. The first-order chi connectivity index (χ1) is 11.7. The van der Waals surface area contributed by atoms with Gasteiger partial charge in [0.15, 0.2) is 0 Å². The highest BCUT2D eigenvalue weighted by molar-refractivity contribution is 6.33. The van der Waals surface area contributed by atoms with Crippen LogP contribution in [-0.4, -0.2) is 18.1 Å². The summed E-state index contributed by atoms with van der Waals surface area (Å²) in [6, 6.07) is 9.72. The molecule has 0 spiro atoms. The lowest BCUT2D eigenvalue weighted by atomic mass is 9.94. The molecule has 132 valence electrons. The summed E-state index contributed by atoms with van der Waals surface area (Å²) < 4.78 is 41.7. The molecule has 0 aromatic heterocycles. The van der Waals surface area contributed by atoms with E-state index in [0.717, 1.165) is 5.56 Å². The van der Waals surface area contributed by atoms with Crippen LogP contribution < -0.4 is 10.2 Å². The van der Waals surface area contributed by atoms with Crippen molar-refractivity contribution in [3.63, 3.8) is 0 Å². The van der Waals surface area contributed by atoms with Gasteiger partial charge in [-0.05, 0) is 43.2 Å². The summed E-state index contributed by atoms with van der Waals surface area (Å²) in [6.07, 6.45) is -4.33. The molecule has 3 nitrogen and oxygen atoms in total. The smallest absolute Gasteiger partial charge is 0.404 e. The minimum atomic E-state index is -4.81. The highest BCUT2D eigenvalue weighted by atomic mass is 35.5. The predicted molar refractivity (Wildman–Crippen MR) is 91.5 cm³/mol. The fraction of sp³-hybridized carbons (Fsp3) is 0.235. The second kappa shape index (κ2) is 6.77. The number of benzene rings is 2. The zero-order valence-corrected chi connectivity index (χ0v) is 14.5. The first-order valence-electron chi connectivity index (χ1n) is 7.40. The van der Waals surface area contributed by atoms with Crippen LogP contribution in [0.25, 0.3) is 0 Å². The van der Waals surface area contributed by atoms with Crippen molar-refractivity contribution in [2.75, 3.05) is 0 Å². The monoisotopic (exact) mass is 388 g/mol. The lowest BCUT2D eigenvalue weighted by Crippen LogP contribution is -2.22. The minimum Gasteiger partial charge on any atom is -0.404 e. The number of fused-ring (bicyclic) bond motifs is 1. The minimum absolute atomic E-state index is 0.0662. The molecular formula is C17H13Cl2F3N2O. The number of hydrogen-bond donors (Lipinski definition) is 1. The lowest BCUT2D eigenvalue weighted by Gasteiger charge is -2.15. The number of alkyl halides is 3. The molecule has 0 saturated carbocycles. The van der Waals surface area contributed by atoms with Gasteiger partial charge < -0.3 is 10.2 Å². The fourth-order valence-corrected chi connectivity index (χ4v) is 2.95. The van der Waals surface area contributed by atoms with E-state index in [1.54, 1.807) is 24.3 Å². The Balaban J connectivity index is 2.10. The molecule has 1 unspecified atom stereocenters. The Morgan fingerprint density at radius 1 is 1.16 bits per heavy atom. The Bertz CT molecular complexity index is 820. The Morgan fingerprint density at radius 2 is 1.84 bits per heavy atom.